The SMILES string of the molecule is COc1ccc(CNC2CC(C)C2)cc1OC(F)F. The number of ether oxygens (including phenoxy) is 2. The van der Waals surface area contributed by atoms with Gasteiger partial charge in [-0.05, 0) is 36.5 Å². The highest BCUT2D eigenvalue weighted by Gasteiger charge is 2.24. The third kappa shape index (κ3) is 3.80. The van der Waals surface area contributed by atoms with Crippen molar-refractivity contribution < 1.29 is 18.3 Å². The van der Waals surface area contributed by atoms with Crippen molar-refractivity contribution in [2.45, 2.75) is 39.0 Å². The second-order valence-corrected chi connectivity index (χ2v) is 5.02. The van der Waals surface area contributed by atoms with Crippen LogP contribution in [0.5, 0.6) is 11.5 Å². The van der Waals surface area contributed by atoms with E-state index in [2.05, 4.69) is 17.0 Å². The van der Waals surface area contributed by atoms with Crippen LogP contribution in [0.3, 0.4) is 0 Å². The lowest BCUT2D eigenvalue weighted by molar-refractivity contribution is -0.0512. The number of hydrogen-bond donors (Lipinski definition) is 1. The topological polar surface area (TPSA) is 30.5 Å². The number of nitrogens with one attached hydrogen (secondary N) is 1. The average molecular weight is 271 g/mol. The smallest absolute Gasteiger partial charge is 0.387 e. The van der Waals surface area contributed by atoms with E-state index in [0.29, 0.717) is 18.3 Å². The zero-order valence-corrected chi connectivity index (χ0v) is 11.2. The Morgan fingerprint density at radius 2 is 2.05 bits per heavy atom. The summed E-state index contributed by atoms with van der Waals surface area (Å²) in [6.07, 6.45) is 2.35. The molecule has 1 aliphatic carbocycles. The highest BCUT2D eigenvalue weighted by atomic mass is 19.3. The number of benzene rings is 1. The maximum Gasteiger partial charge on any atom is 0.387 e. The quantitative estimate of drug-likeness (QED) is 0.862. The van der Waals surface area contributed by atoms with Crippen LogP contribution in [-0.4, -0.2) is 19.8 Å². The maximum absolute atomic E-state index is 12.3. The predicted molar refractivity (Wildman–Crippen MR) is 68.7 cm³/mol. The van der Waals surface area contributed by atoms with Gasteiger partial charge in [0, 0.05) is 12.6 Å². The van der Waals surface area contributed by atoms with Crippen molar-refractivity contribution >= 4 is 0 Å². The van der Waals surface area contributed by atoms with Crippen LogP contribution in [0, 0.1) is 5.92 Å². The summed E-state index contributed by atoms with van der Waals surface area (Å²) in [6.45, 7) is 0.0331. The highest BCUT2D eigenvalue weighted by molar-refractivity contribution is 5.43. The average Bonchev–Trinajstić information content (AvgIpc) is 2.33. The molecule has 0 amide bonds. The van der Waals surface area contributed by atoms with Gasteiger partial charge in [-0.25, -0.2) is 0 Å². The highest BCUT2D eigenvalue weighted by Crippen LogP contribution is 2.30. The third-order valence-electron chi connectivity index (χ3n) is 3.41. The summed E-state index contributed by atoms with van der Waals surface area (Å²) in [5.74, 6) is 1.19. The van der Waals surface area contributed by atoms with Crippen LogP contribution in [0.1, 0.15) is 25.3 Å². The second kappa shape index (κ2) is 6.19. The van der Waals surface area contributed by atoms with Crippen LogP contribution >= 0.6 is 0 Å². The van der Waals surface area contributed by atoms with Gasteiger partial charge in [0.05, 0.1) is 7.11 Å². The minimum atomic E-state index is -2.84. The molecule has 1 aliphatic rings. The van der Waals surface area contributed by atoms with E-state index in [4.69, 9.17) is 4.74 Å². The summed E-state index contributed by atoms with van der Waals surface area (Å²) >= 11 is 0. The Bertz CT molecular complexity index is 420. The van der Waals surface area contributed by atoms with Gasteiger partial charge in [-0.2, -0.15) is 8.78 Å². The van der Waals surface area contributed by atoms with E-state index in [1.807, 2.05) is 6.07 Å². The summed E-state index contributed by atoms with van der Waals surface area (Å²) in [6, 6.07) is 5.64. The van der Waals surface area contributed by atoms with E-state index in [1.54, 1.807) is 12.1 Å². The molecule has 0 spiro atoms. The standard InChI is InChI=1S/C14H19F2NO2/c1-9-5-11(6-9)17-8-10-3-4-12(18-2)13(7-10)19-14(15)16/h3-4,7,9,11,14,17H,5-6,8H2,1-2H3. The number of hydrogen-bond acceptors (Lipinski definition) is 3. The first-order chi connectivity index (χ1) is 9.08. The molecule has 0 saturated heterocycles. The van der Waals surface area contributed by atoms with E-state index in [0.717, 1.165) is 11.5 Å². The summed E-state index contributed by atoms with van der Waals surface area (Å²) in [4.78, 5) is 0. The predicted octanol–water partition coefficient (Wildman–Crippen LogP) is 3.18. The van der Waals surface area contributed by atoms with Gasteiger partial charge in [-0.3, -0.25) is 0 Å². The van der Waals surface area contributed by atoms with Crippen LogP contribution in [0.15, 0.2) is 18.2 Å². The van der Waals surface area contributed by atoms with E-state index < -0.39 is 6.61 Å². The molecule has 1 saturated carbocycles. The molecule has 5 heteroatoms. The molecule has 0 heterocycles. The monoisotopic (exact) mass is 271 g/mol. The largest absolute Gasteiger partial charge is 0.493 e. The first-order valence-electron chi connectivity index (χ1n) is 6.43. The van der Waals surface area contributed by atoms with Crippen LogP contribution in [0.25, 0.3) is 0 Å². The van der Waals surface area contributed by atoms with Crippen molar-refractivity contribution in [2.75, 3.05) is 7.11 Å². The molecule has 0 atom stereocenters. The minimum Gasteiger partial charge on any atom is -0.493 e. The van der Waals surface area contributed by atoms with E-state index in [-0.39, 0.29) is 5.75 Å². The zero-order valence-electron chi connectivity index (χ0n) is 11.2. The summed E-state index contributed by atoms with van der Waals surface area (Å²) in [7, 11) is 1.43. The lowest BCUT2D eigenvalue weighted by Gasteiger charge is -2.33. The number of methoxy groups -OCH3 is 1. The number of alkyl halides is 2. The molecule has 0 aromatic heterocycles. The Balaban J connectivity index is 1.96. The fourth-order valence-electron chi connectivity index (χ4n) is 2.35. The first-order valence-corrected chi connectivity index (χ1v) is 6.43. The molecular weight excluding hydrogens is 252 g/mol. The fourth-order valence-corrected chi connectivity index (χ4v) is 2.35. The van der Waals surface area contributed by atoms with E-state index >= 15 is 0 Å². The Morgan fingerprint density at radius 3 is 2.63 bits per heavy atom. The lowest BCUT2D eigenvalue weighted by Crippen LogP contribution is -2.39. The van der Waals surface area contributed by atoms with Gasteiger partial charge in [0.25, 0.3) is 0 Å². The first kappa shape index (κ1) is 14.1. The zero-order chi connectivity index (χ0) is 13.8. The molecular formula is C14H19F2NO2. The van der Waals surface area contributed by atoms with Crippen molar-refractivity contribution in [1.82, 2.24) is 5.32 Å². The Labute approximate surface area is 111 Å². The van der Waals surface area contributed by atoms with Gasteiger partial charge in [0.2, 0.25) is 0 Å². The molecule has 1 N–H and O–H groups in total. The molecule has 1 aromatic carbocycles. The molecule has 19 heavy (non-hydrogen) atoms. The minimum absolute atomic E-state index is 0.0822. The van der Waals surface area contributed by atoms with Crippen LogP contribution in [-0.2, 0) is 6.54 Å². The van der Waals surface area contributed by atoms with Gasteiger partial charge in [-0.15, -0.1) is 0 Å². The van der Waals surface area contributed by atoms with Crippen LogP contribution in [0.4, 0.5) is 8.78 Å². The Morgan fingerprint density at radius 1 is 1.32 bits per heavy atom. The molecule has 0 aliphatic heterocycles. The molecule has 106 valence electrons. The normalized spacial score (nSPS) is 22.2. The third-order valence-corrected chi connectivity index (χ3v) is 3.41. The van der Waals surface area contributed by atoms with E-state index in [1.165, 1.54) is 20.0 Å². The molecule has 1 aromatic rings. The van der Waals surface area contributed by atoms with Crippen molar-refractivity contribution in [1.29, 1.82) is 0 Å². The second-order valence-electron chi connectivity index (χ2n) is 5.02. The van der Waals surface area contributed by atoms with Gasteiger partial charge >= 0.3 is 6.61 Å². The maximum atomic E-state index is 12.3. The van der Waals surface area contributed by atoms with Gasteiger partial charge in [0.15, 0.2) is 11.5 Å². The fraction of sp³-hybridized carbons (Fsp3) is 0.571. The van der Waals surface area contributed by atoms with Crippen molar-refractivity contribution in [3.63, 3.8) is 0 Å². The van der Waals surface area contributed by atoms with Gasteiger partial charge < -0.3 is 14.8 Å². The molecule has 0 radical (unpaired) electrons. The molecule has 0 bridgehead atoms. The Kier molecular flexibility index (Phi) is 4.58. The Hall–Kier alpha value is -1.36. The molecule has 2 rings (SSSR count). The summed E-state index contributed by atoms with van der Waals surface area (Å²) < 4.78 is 34.0. The molecule has 0 unspecified atom stereocenters. The number of rotatable bonds is 6. The van der Waals surface area contributed by atoms with Gasteiger partial charge in [0.1, 0.15) is 0 Å². The summed E-state index contributed by atoms with van der Waals surface area (Å²) in [5.41, 5.74) is 0.913. The van der Waals surface area contributed by atoms with Crippen LogP contribution < -0.4 is 14.8 Å². The summed E-state index contributed by atoms with van der Waals surface area (Å²) in [5, 5.41) is 3.40. The number of halogens is 2. The molecule has 1 fully saturated rings. The van der Waals surface area contributed by atoms with Crippen LogP contribution in [0.2, 0.25) is 0 Å². The van der Waals surface area contributed by atoms with E-state index in [9.17, 15) is 8.78 Å². The van der Waals surface area contributed by atoms with Gasteiger partial charge in [-0.1, -0.05) is 13.0 Å². The van der Waals surface area contributed by atoms with Crippen molar-refractivity contribution in [2.24, 2.45) is 5.92 Å². The lowest BCUT2D eigenvalue weighted by atomic mass is 9.82. The molecule has 3 nitrogen and oxygen atoms in total. The van der Waals surface area contributed by atoms with Crippen molar-refractivity contribution in [3.8, 4) is 11.5 Å². The van der Waals surface area contributed by atoms with Crippen molar-refractivity contribution in [3.05, 3.63) is 23.8 Å².